The quantitative estimate of drug-likeness (QED) is 0.590. The van der Waals surface area contributed by atoms with Crippen LogP contribution in [0.1, 0.15) is 18.1 Å². The molecule has 6 heteroatoms. The summed E-state index contributed by atoms with van der Waals surface area (Å²) in [7, 11) is 1.78. The van der Waals surface area contributed by atoms with Crippen molar-refractivity contribution in [2.24, 2.45) is 0 Å². The minimum Gasteiger partial charge on any atom is -0.406 e. The summed E-state index contributed by atoms with van der Waals surface area (Å²) in [6.07, 6.45) is -4.73. The lowest BCUT2D eigenvalue weighted by Crippen LogP contribution is -2.16. The number of ether oxygens (including phenoxy) is 1. The van der Waals surface area contributed by atoms with Crippen molar-refractivity contribution in [1.82, 2.24) is 0 Å². The Morgan fingerprint density at radius 2 is 1.76 bits per heavy atom. The van der Waals surface area contributed by atoms with Gasteiger partial charge in [0, 0.05) is 13.1 Å². The van der Waals surface area contributed by atoms with E-state index >= 15 is 0 Å². The molecule has 0 aliphatic rings. The Kier molecular flexibility index (Phi) is 5.24. The highest BCUT2D eigenvalue weighted by molar-refractivity contribution is 5.77. The van der Waals surface area contributed by atoms with E-state index in [9.17, 15) is 18.4 Å². The van der Waals surface area contributed by atoms with Crippen LogP contribution < -0.4 is 9.64 Å². The van der Waals surface area contributed by atoms with Crippen molar-refractivity contribution in [2.75, 3.05) is 11.9 Å². The Balaban J connectivity index is 2.49. The predicted molar refractivity (Wildman–Crippen MR) is 89.9 cm³/mol. The maximum Gasteiger partial charge on any atom is 0.573 e. The molecule has 0 spiro atoms. The molecule has 0 N–H and O–H groups in total. The van der Waals surface area contributed by atoms with Crippen LogP contribution in [0.2, 0.25) is 0 Å². The number of rotatable bonds is 3. The van der Waals surface area contributed by atoms with E-state index in [2.05, 4.69) is 22.8 Å². The summed E-state index contributed by atoms with van der Waals surface area (Å²) in [4.78, 5) is 1.71. The van der Waals surface area contributed by atoms with Gasteiger partial charge < -0.3 is 9.64 Å². The third kappa shape index (κ3) is 4.45. The number of nitrogens with zero attached hydrogens (tertiary/aromatic N) is 2. The lowest BCUT2D eigenvalue weighted by molar-refractivity contribution is -0.274. The first-order valence-electron chi connectivity index (χ1n) is 7.32. The molecule has 0 saturated carbocycles. The molecule has 128 valence electrons. The van der Waals surface area contributed by atoms with E-state index < -0.39 is 6.36 Å². The number of benzene rings is 2. The van der Waals surface area contributed by atoms with E-state index in [1.165, 1.54) is 24.3 Å². The summed E-state index contributed by atoms with van der Waals surface area (Å²) >= 11 is 0. The third-order valence-electron chi connectivity index (χ3n) is 3.55. The van der Waals surface area contributed by atoms with Crippen molar-refractivity contribution in [3.05, 3.63) is 47.5 Å². The van der Waals surface area contributed by atoms with Crippen molar-refractivity contribution < 1.29 is 17.9 Å². The van der Waals surface area contributed by atoms with Gasteiger partial charge in [-0.2, -0.15) is 5.26 Å². The first-order chi connectivity index (χ1) is 11.7. The van der Waals surface area contributed by atoms with Gasteiger partial charge in [0.05, 0.1) is 17.3 Å². The van der Waals surface area contributed by atoms with Crippen LogP contribution in [0.3, 0.4) is 0 Å². The topological polar surface area (TPSA) is 36.3 Å². The minimum absolute atomic E-state index is 0.292. The van der Waals surface area contributed by atoms with Gasteiger partial charge in [0.2, 0.25) is 0 Å². The highest BCUT2D eigenvalue weighted by Crippen LogP contribution is 2.33. The van der Waals surface area contributed by atoms with E-state index in [0.29, 0.717) is 11.1 Å². The van der Waals surface area contributed by atoms with Crippen molar-refractivity contribution >= 4 is 5.69 Å². The first-order valence-corrected chi connectivity index (χ1v) is 7.32. The van der Waals surface area contributed by atoms with Crippen LogP contribution in [0, 0.1) is 30.2 Å². The fraction of sp³-hybridized carbons (Fsp3) is 0.211. The summed E-state index contributed by atoms with van der Waals surface area (Å²) in [6, 6.07) is 14.0. The van der Waals surface area contributed by atoms with Crippen molar-refractivity contribution in [2.45, 2.75) is 20.2 Å². The molecule has 2 rings (SSSR count). The zero-order valence-corrected chi connectivity index (χ0v) is 13.9. The van der Waals surface area contributed by atoms with Crippen LogP contribution in [-0.2, 0) is 0 Å². The Morgan fingerprint density at radius 3 is 2.28 bits per heavy atom. The molecule has 0 heterocycles. The number of halogens is 3. The van der Waals surface area contributed by atoms with Crippen LogP contribution in [0.4, 0.5) is 18.9 Å². The molecule has 2 aromatic carbocycles. The molecule has 2 aromatic rings. The number of hydrogen-bond donors (Lipinski definition) is 0. The summed E-state index contributed by atoms with van der Waals surface area (Å²) in [6.45, 7) is 3.58. The number of nitriles is 1. The standard InChI is InChI=1S/C19H15F3N2O/c1-4-9-24(3)18-11-14(12-23)10-17(13(18)2)15-5-7-16(8-6-15)25-19(20,21)22/h5-8,10-11H,1-3H3. The van der Waals surface area contributed by atoms with Crippen molar-refractivity contribution in [3.63, 3.8) is 0 Å². The molecule has 0 aliphatic carbocycles. The fourth-order valence-electron chi connectivity index (χ4n) is 2.48. The Labute approximate surface area is 144 Å². The lowest BCUT2D eigenvalue weighted by Gasteiger charge is -2.18. The minimum atomic E-state index is -4.73. The van der Waals surface area contributed by atoms with Crippen LogP contribution >= 0.6 is 0 Å². The smallest absolute Gasteiger partial charge is 0.406 e. The predicted octanol–water partition coefficient (Wildman–Crippen LogP) is 4.85. The molecule has 0 fully saturated rings. The molecule has 0 bridgehead atoms. The molecular formula is C19H15F3N2O. The van der Waals surface area contributed by atoms with Gasteiger partial charge in [-0.3, -0.25) is 0 Å². The van der Waals surface area contributed by atoms with E-state index in [0.717, 1.165) is 16.8 Å². The SMILES string of the molecule is CC#CN(C)c1cc(C#N)cc(-c2ccc(OC(F)(F)F)cc2)c1C. The van der Waals surface area contributed by atoms with Crippen LogP contribution in [0.25, 0.3) is 11.1 Å². The van der Waals surface area contributed by atoms with E-state index in [1.807, 2.05) is 6.92 Å². The maximum atomic E-state index is 12.3. The molecular weight excluding hydrogens is 329 g/mol. The zero-order valence-electron chi connectivity index (χ0n) is 13.9. The van der Waals surface area contributed by atoms with Gasteiger partial charge in [-0.15, -0.1) is 13.2 Å². The first kappa shape index (κ1) is 18.2. The highest BCUT2D eigenvalue weighted by Gasteiger charge is 2.31. The number of alkyl halides is 3. The number of hydrogen-bond acceptors (Lipinski definition) is 3. The Morgan fingerprint density at radius 1 is 1.12 bits per heavy atom. The van der Waals surface area contributed by atoms with Gasteiger partial charge in [-0.05, 0) is 54.8 Å². The van der Waals surface area contributed by atoms with Crippen molar-refractivity contribution in [3.8, 4) is 34.9 Å². The maximum absolute atomic E-state index is 12.3. The molecule has 3 nitrogen and oxygen atoms in total. The van der Waals surface area contributed by atoms with Crippen LogP contribution in [-0.4, -0.2) is 13.4 Å². The average Bonchev–Trinajstić information content (AvgIpc) is 2.54. The van der Waals surface area contributed by atoms with Gasteiger partial charge in [0.25, 0.3) is 0 Å². The van der Waals surface area contributed by atoms with E-state index in [1.54, 1.807) is 31.0 Å². The molecule has 0 saturated heterocycles. The van der Waals surface area contributed by atoms with E-state index in [4.69, 9.17) is 0 Å². The van der Waals surface area contributed by atoms with Crippen LogP contribution in [0.15, 0.2) is 36.4 Å². The molecule has 0 aliphatic heterocycles. The second kappa shape index (κ2) is 7.19. The molecule has 0 aromatic heterocycles. The third-order valence-corrected chi connectivity index (χ3v) is 3.55. The summed E-state index contributed by atoms with van der Waals surface area (Å²) in [5.41, 5.74) is 3.50. The Bertz CT molecular complexity index is 869. The second-order valence-corrected chi connectivity index (χ2v) is 5.27. The molecule has 0 atom stereocenters. The van der Waals surface area contributed by atoms with Gasteiger partial charge in [-0.1, -0.05) is 18.1 Å². The molecule has 0 radical (unpaired) electrons. The van der Waals surface area contributed by atoms with Gasteiger partial charge in [0.1, 0.15) is 5.75 Å². The molecule has 0 unspecified atom stereocenters. The summed E-state index contributed by atoms with van der Waals surface area (Å²) in [5, 5.41) is 9.26. The van der Waals surface area contributed by atoms with Gasteiger partial charge >= 0.3 is 6.36 Å². The summed E-state index contributed by atoms with van der Waals surface area (Å²) in [5.74, 6) is 2.50. The van der Waals surface area contributed by atoms with Crippen molar-refractivity contribution in [1.29, 1.82) is 5.26 Å². The zero-order chi connectivity index (χ0) is 18.6. The largest absolute Gasteiger partial charge is 0.573 e. The van der Waals surface area contributed by atoms with Gasteiger partial charge in [0.15, 0.2) is 0 Å². The molecule has 0 amide bonds. The van der Waals surface area contributed by atoms with Crippen LogP contribution in [0.5, 0.6) is 5.75 Å². The number of anilines is 1. The second-order valence-electron chi connectivity index (χ2n) is 5.27. The lowest BCUT2D eigenvalue weighted by atomic mass is 9.96. The fourth-order valence-corrected chi connectivity index (χ4v) is 2.48. The van der Waals surface area contributed by atoms with E-state index in [-0.39, 0.29) is 5.75 Å². The highest BCUT2D eigenvalue weighted by atomic mass is 19.4. The molecule has 25 heavy (non-hydrogen) atoms. The van der Waals surface area contributed by atoms with Gasteiger partial charge in [-0.25, -0.2) is 0 Å². The normalized spacial score (nSPS) is 10.4. The monoisotopic (exact) mass is 344 g/mol. The Hall–Kier alpha value is -3.12. The summed E-state index contributed by atoms with van der Waals surface area (Å²) < 4.78 is 40.7. The average molecular weight is 344 g/mol.